The molecule has 0 N–H and O–H groups in total. The van der Waals surface area contributed by atoms with Crippen LogP contribution in [0.25, 0.3) is 11.1 Å². The van der Waals surface area contributed by atoms with E-state index in [1.54, 1.807) is 6.07 Å². The van der Waals surface area contributed by atoms with Crippen LogP contribution in [0.2, 0.25) is 0 Å². The Morgan fingerprint density at radius 2 is 1.63 bits per heavy atom. The lowest BCUT2D eigenvalue weighted by atomic mass is 9.85. The van der Waals surface area contributed by atoms with E-state index in [9.17, 15) is 13.2 Å². The van der Waals surface area contributed by atoms with E-state index in [1.165, 1.54) is 41.7 Å². The standard InChI is InChI=1S/C24H25F3/c1-16(20-14-18(3)21-9-5-4-8-19(21)15-20)12-13-17(2)22-10-6-7-11-23(22)24(25,26)27/h6-7,10-11,14-15H,1-2,4-5,8-9,12-13H2,3H3. The van der Waals surface area contributed by atoms with E-state index >= 15 is 0 Å². The molecule has 0 bridgehead atoms. The van der Waals surface area contributed by atoms with Crippen molar-refractivity contribution in [3.8, 4) is 0 Å². The Kier molecular flexibility index (Phi) is 5.59. The summed E-state index contributed by atoms with van der Waals surface area (Å²) in [5.41, 5.74) is 6.27. The molecule has 0 amide bonds. The summed E-state index contributed by atoms with van der Waals surface area (Å²) in [5.74, 6) is 0. The number of fused-ring (bicyclic) bond motifs is 1. The Morgan fingerprint density at radius 1 is 0.963 bits per heavy atom. The topological polar surface area (TPSA) is 0 Å². The minimum absolute atomic E-state index is 0.180. The van der Waals surface area contributed by atoms with Gasteiger partial charge in [-0.1, -0.05) is 43.5 Å². The Hall–Kier alpha value is -2.29. The molecule has 0 atom stereocenters. The Labute approximate surface area is 159 Å². The SMILES string of the molecule is C=C(CCC(=C)c1ccccc1C(F)(F)F)c1cc(C)c2c(c1)CCCC2. The van der Waals surface area contributed by atoms with E-state index in [2.05, 4.69) is 32.2 Å². The van der Waals surface area contributed by atoms with Gasteiger partial charge in [-0.3, -0.25) is 0 Å². The summed E-state index contributed by atoms with van der Waals surface area (Å²) >= 11 is 0. The van der Waals surface area contributed by atoms with E-state index in [1.807, 2.05) is 0 Å². The molecule has 1 aliphatic carbocycles. The Balaban J connectivity index is 1.73. The summed E-state index contributed by atoms with van der Waals surface area (Å²) in [5, 5.41) is 0. The first-order valence-corrected chi connectivity index (χ1v) is 9.42. The predicted molar refractivity (Wildman–Crippen MR) is 107 cm³/mol. The van der Waals surface area contributed by atoms with Crippen LogP contribution in [0.5, 0.6) is 0 Å². The molecule has 2 aromatic rings. The first kappa shape index (κ1) is 19.5. The number of hydrogen-bond acceptors (Lipinski definition) is 0. The summed E-state index contributed by atoms with van der Waals surface area (Å²) in [6.07, 6.45) is 1.39. The highest BCUT2D eigenvalue weighted by molar-refractivity contribution is 5.71. The van der Waals surface area contributed by atoms with Gasteiger partial charge >= 0.3 is 6.18 Å². The molecule has 1 aliphatic rings. The van der Waals surface area contributed by atoms with Crippen LogP contribution in [-0.4, -0.2) is 0 Å². The molecular weight excluding hydrogens is 345 g/mol. The van der Waals surface area contributed by atoms with Gasteiger partial charge in [0, 0.05) is 0 Å². The van der Waals surface area contributed by atoms with Gasteiger partial charge in [-0.2, -0.15) is 13.2 Å². The molecular formula is C24H25F3. The molecule has 0 radical (unpaired) electrons. The van der Waals surface area contributed by atoms with Crippen LogP contribution in [-0.2, 0) is 19.0 Å². The second kappa shape index (κ2) is 7.75. The summed E-state index contributed by atoms with van der Waals surface area (Å²) in [6.45, 7) is 10.2. The maximum absolute atomic E-state index is 13.2. The van der Waals surface area contributed by atoms with Gasteiger partial charge in [0.2, 0.25) is 0 Å². The summed E-state index contributed by atoms with van der Waals surface area (Å²) in [7, 11) is 0. The molecule has 0 fully saturated rings. The molecule has 2 aromatic carbocycles. The average molecular weight is 370 g/mol. The fraction of sp³-hybridized carbons (Fsp3) is 0.333. The third-order valence-electron chi connectivity index (χ3n) is 5.44. The summed E-state index contributed by atoms with van der Waals surface area (Å²) < 4.78 is 39.7. The van der Waals surface area contributed by atoms with Crippen molar-refractivity contribution >= 4 is 11.1 Å². The van der Waals surface area contributed by atoms with Crippen LogP contribution in [0.1, 0.15) is 59.1 Å². The van der Waals surface area contributed by atoms with Crippen LogP contribution in [0.15, 0.2) is 49.6 Å². The maximum Gasteiger partial charge on any atom is 0.416 e. The number of alkyl halides is 3. The normalized spacial score (nSPS) is 13.9. The highest BCUT2D eigenvalue weighted by Gasteiger charge is 2.33. The van der Waals surface area contributed by atoms with Crippen molar-refractivity contribution in [3.63, 3.8) is 0 Å². The van der Waals surface area contributed by atoms with Crippen LogP contribution in [0, 0.1) is 6.92 Å². The van der Waals surface area contributed by atoms with Gasteiger partial charge in [-0.25, -0.2) is 0 Å². The van der Waals surface area contributed by atoms with Gasteiger partial charge < -0.3 is 0 Å². The number of allylic oxidation sites excluding steroid dienone is 2. The van der Waals surface area contributed by atoms with E-state index in [0.29, 0.717) is 18.4 Å². The smallest absolute Gasteiger partial charge is 0.166 e. The molecule has 0 heterocycles. The highest BCUT2D eigenvalue weighted by Crippen LogP contribution is 2.36. The first-order valence-electron chi connectivity index (χ1n) is 9.42. The zero-order valence-corrected chi connectivity index (χ0v) is 15.8. The van der Waals surface area contributed by atoms with Crippen LogP contribution in [0.3, 0.4) is 0 Å². The number of aryl methyl sites for hydroxylation is 2. The Morgan fingerprint density at radius 3 is 2.37 bits per heavy atom. The van der Waals surface area contributed by atoms with E-state index in [-0.39, 0.29) is 5.56 Å². The van der Waals surface area contributed by atoms with Gasteiger partial charge in [-0.15, -0.1) is 0 Å². The van der Waals surface area contributed by atoms with Crippen LogP contribution < -0.4 is 0 Å². The fourth-order valence-electron chi connectivity index (χ4n) is 3.91. The molecule has 3 rings (SSSR count). The summed E-state index contributed by atoms with van der Waals surface area (Å²) in [4.78, 5) is 0. The molecule has 0 aromatic heterocycles. The van der Waals surface area contributed by atoms with Gasteiger partial charge in [0.05, 0.1) is 5.56 Å². The lowest BCUT2D eigenvalue weighted by Crippen LogP contribution is -2.08. The number of hydrogen-bond donors (Lipinski definition) is 0. The van der Waals surface area contributed by atoms with Crippen LogP contribution >= 0.6 is 0 Å². The van der Waals surface area contributed by atoms with E-state index in [4.69, 9.17) is 0 Å². The van der Waals surface area contributed by atoms with Crippen molar-refractivity contribution < 1.29 is 13.2 Å². The molecule has 0 unspecified atom stereocenters. The molecule has 0 aliphatic heterocycles. The van der Waals surface area contributed by atoms with Crippen LogP contribution in [0.4, 0.5) is 13.2 Å². The monoisotopic (exact) mass is 370 g/mol. The van der Waals surface area contributed by atoms with Gasteiger partial charge in [0.15, 0.2) is 0 Å². The second-order valence-corrected chi connectivity index (χ2v) is 7.39. The summed E-state index contributed by atoms with van der Waals surface area (Å²) in [6, 6.07) is 10.0. The predicted octanol–water partition coefficient (Wildman–Crippen LogP) is 7.40. The van der Waals surface area contributed by atoms with Gasteiger partial charge in [-0.05, 0) is 90.5 Å². The van der Waals surface area contributed by atoms with Crippen molar-refractivity contribution in [2.75, 3.05) is 0 Å². The van der Waals surface area contributed by atoms with Gasteiger partial charge in [0.25, 0.3) is 0 Å². The van der Waals surface area contributed by atoms with Gasteiger partial charge in [0.1, 0.15) is 0 Å². The maximum atomic E-state index is 13.2. The first-order chi connectivity index (χ1) is 12.8. The second-order valence-electron chi connectivity index (χ2n) is 7.39. The average Bonchev–Trinajstić information content (AvgIpc) is 2.65. The van der Waals surface area contributed by atoms with E-state index in [0.717, 1.165) is 30.0 Å². The number of benzene rings is 2. The number of halogens is 3. The van der Waals surface area contributed by atoms with Crippen molar-refractivity contribution in [3.05, 3.63) is 82.9 Å². The molecule has 0 nitrogen and oxygen atoms in total. The Bertz CT molecular complexity index is 872. The highest BCUT2D eigenvalue weighted by atomic mass is 19.4. The quantitative estimate of drug-likeness (QED) is 0.514. The number of rotatable bonds is 5. The third kappa shape index (κ3) is 4.35. The van der Waals surface area contributed by atoms with Crippen molar-refractivity contribution in [2.45, 2.75) is 51.6 Å². The third-order valence-corrected chi connectivity index (χ3v) is 5.44. The molecule has 0 saturated carbocycles. The minimum Gasteiger partial charge on any atom is -0.166 e. The van der Waals surface area contributed by atoms with Crippen molar-refractivity contribution in [1.29, 1.82) is 0 Å². The van der Waals surface area contributed by atoms with Crippen molar-refractivity contribution in [2.24, 2.45) is 0 Å². The zero-order valence-electron chi connectivity index (χ0n) is 15.8. The largest absolute Gasteiger partial charge is 0.416 e. The lowest BCUT2D eigenvalue weighted by molar-refractivity contribution is -0.137. The molecule has 3 heteroatoms. The van der Waals surface area contributed by atoms with Crippen molar-refractivity contribution in [1.82, 2.24) is 0 Å². The fourth-order valence-corrected chi connectivity index (χ4v) is 3.91. The molecule has 0 spiro atoms. The lowest BCUT2D eigenvalue weighted by Gasteiger charge is -2.20. The molecule has 27 heavy (non-hydrogen) atoms. The molecule has 142 valence electrons. The zero-order chi connectivity index (χ0) is 19.6. The molecule has 0 saturated heterocycles. The van der Waals surface area contributed by atoms with E-state index < -0.39 is 11.7 Å². The minimum atomic E-state index is -4.37.